The summed E-state index contributed by atoms with van der Waals surface area (Å²) in [6.45, 7) is 5.72. The number of nitrogens with zero attached hydrogens (tertiary/aromatic N) is 5. The predicted molar refractivity (Wildman–Crippen MR) is 141 cm³/mol. The van der Waals surface area contributed by atoms with Gasteiger partial charge in [0, 0.05) is 27.7 Å². The molecule has 0 unspecified atom stereocenters. The first-order chi connectivity index (χ1) is 16.8. The van der Waals surface area contributed by atoms with Gasteiger partial charge in [-0.1, -0.05) is 53.2 Å². The van der Waals surface area contributed by atoms with E-state index >= 15 is 0 Å². The molecule has 0 bridgehead atoms. The number of hydrogen-bond acceptors (Lipinski definition) is 6. The fourth-order valence-electron chi connectivity index (χ4n) is 3.32. The van der Waals surface area contributed by atoms with Crippen LogP contribution in [0, 0.1) is 20.8 Å². The summed E-state index contributed by atoms with van der Waals surface area (Å²) in [7, 11) is 0. The van der Waals surface area contributed by atoms with E-state index < -0.39 is 0 Å². The number of amides is 1. The molecule has 0 fully saturated rings. The van der Waals surface area contributed by atoms with Crippen molar-refractivity contribution >= 4 is 47.1 Å². The molecule has 0 aliphatic heterocycles. The molecule has 4 aromatic rings. The van der Waals surface area contributed by atoms with Crippen molar-refractivity contribution in [3.63, 3.8) is 0 Å². The summed E-state index contributed by atoms with van der Waals surface area (Å²) in [4.78, 5) is 21.4. The van der Waals surface area contributed by atoms with Crippen molar-refractivity contribution in [2.75, 3.05) is 0 Å². The van der Waals surface area contributed by atoms with Crippen LogP contribution in [0.15, 0.2) is 64.9 Å². The smallest absolute Gasteiger partial charge is 0.267 e. The van der Waals surface area contributed by atoms with Crippen LogP contribution in [0.2, 0.25) is 10.2 Å². The van der Waals surface area contributed by atoms with Crippen LogP contribution >= 0.6 is 35.0 Å². The molecule has 2 aromatic carbocycles. The molecular formula is C25H22Cl2N6OS. The first kappa shape index (κ1) is 24.9. The lowest BCUT2D eigenvalue weighted by atomic mass is 10.1. The zero-order valence-electron chi connectivity index (χ0n) is 19.3. The van der Waals surface area contributed by atoms with Crippen LogP contribution < -0.4 is 5.43 Å². The van der Waals surface area contributed by atoms with Gasteiger partial charge in [0.2, 0.25) is 0 Å². The summed E-state index contributed by atoms with van der Waals surface area (Å²) >= 11 is 14.1. The van der Waals surface area contributed by atoms with Gasteiger partial charge in [-0.05, 0) is 62.7 Å². The van der Waals surface area contributed by atoms with Crippen molar-refractivity contribution in [1.29, 1.82) is 0 Å². The van der Waals surface area contributed by atoms with Gasteiger partial charge in [-0.25, -0.2) is 20.1 Å². The predicted octanol–water partition coefficient (Wildman–Crippen LogP) is 5.95. The van der Waals surface area contributed by atoms with Crippen LogP contribution in [0.1, 0.15) is 38.6 Å². The normalized spacial score (nSPS) is 11.2. The van der Waals surface area contributed by atoms with E-state index in [1.807, 2.05) is 51.1 Å². The third-order valence-corrected chi connectivity index (χ3v) is 6.52. The Hall–Kier alpha value is -3.20. The summed E-state index contributed by atoms with van der Waals surface area (Å²) in [5, 5.41) is 10.2. The summed E-state index contributed by atoms with van der Waals surface area (Å²) < 4.78 is 1.58. The zero-order chi connectivity index (χ0) is 24.9. The number of halogens is 2. The Kier molecular flexibility index (Phi) is 7.85. The number of thioether (sulfide) groups is 1. The lowest BCUT2D eigenvalue weighted by molar-refractivity contribution is 0.0955. The maximum absolute atomic E-state index is 12.5. The van der Waals surface area contributed by atoms with Crippen molar-refractivity contribution in [1.82, 2.24) is 25.2 Å². The van der Waals surface area contributed by atoms with Gasteiger partial charge in [-0.2, -0.15) is 10.2 Å². The average Bonchev–Trinajstić information content (AvgIpc) is 3.11. The zero-order valence-corrected chi connectivity index (χ0v) is 21.6. The largest absolute Gasteiger partial charge is 0.271 e. The number of hydrazone groups is 1. The van der Waals surface area contributed by atoms with Crippen LogP contribution in [0.4, 0.5) is 0 Å². The second-order valence-corrected chi connectivity index (χ2v) is 9.54. The molecule has 4 rings (SSSR count). The highest BCUT2D eigenvalue weighted by Gasteiger charge is 2.14. The number of nitrogens with one attached hydrogen (secondary N) is 1. The monoisotopic (exact) mass is 524 g/mol. The number of aryl methyl sites for hydroxylation is 3. The maximum Gasteiger partial charge on any atom is 0.271 e. The van der Waals surface area contributed by atoms with Gasteiger partial charge in [0.25, 0.3) is 5.91 Å². The number of carbonyl (C=O) groups is 1. The molecule has 0 radical (unpaired) electrons. The molecule has 1 amide bonds. The molecule has 1 N–H and O–H groups in total. The van der Waals surface area contributed by atoms with Crippen molar-refractivity contribution in [3.8, 4) is 5.69 Å². The lowest BCUT2D eigenvalue weighted by Crippen LogP contribution is -2.17. The minimum Gasteiger partial charge on any atom is -0.267 e. The lowest BCUT2D eigenvalue weighted by Gasteiger charge is -2.05. The topological polar surface area (TPSA) is 85.1 Å². The maximum atomic E-state index is 12.5. The molecule has 0 spiro atoms. The highest BCUT2D eigenvalue weighted by atomic mass is 35.5. The van der Waals surface area contributed by atoms with E-state index in [-0.39, 0.29) is 5.91 Å². The molecule has 0 atom stereocenters. The molecule has 7 nitrogen and oxygen atoms in total. The molecule has 0 saturated carbocycles. The Bertz CT molecular complexity index is 1380. The van der Waals surface area contributed by atoms with E-state index in [9.17, 15) is 4.79 Å². The molecule has 2 heterocycles. The van der Waals surface area contributed by atoms with Crippen molar-refractivity contribution in [2.24, 2.45) is 5.10 Å². The molecule has 0 saturated heterocycles. The fraction of sp³-hybridized carbons (Fsp3) is 0.160. The standard InChI is InChI=1S/C25H22Cl2N6OS/c1-15-11-16(2)30-25(29-15)35-14-18-7-9-19(10-8-18)24(34)31-28-13-22-17(3)32-33(23(22)27)21-6-4-5-20(26)12-21/h4-13H,14H2,1-3H3,(H,31,34). The molecule has 0 aliphatic rings. The van der Waals surface area contributed by atoms with Crippen molar-refractivity contribution in [3.05, 3.63) is 98.5 Å². The molecule has 10 heteroatoms. The highest BCUT2D eigenvalue weighted by molar-refractivity contribution is 7.98. The van der Waals surface area contributed by atoms with Gasteiger partial charge in [0.15, 0.2) is 5.16 Å². The van der Waals surface area contributed by atoms with Crippen LogP contribution in [0.3, 0.4) is 0 Å². The minimum absolute atomic E-state index is 0.325. The van der Waals surface area contributed by atoms with E-state index in [1.54, 1.807) is 40.7 Å². The Morgan fingerprint density at radius 3 is 2.46 bits per heavy atom. The van der Waals surface area contributed by atoms with Crippen LogP contribution in [-0.4, -0.2) is 31.9 Å². The first-order valence-corrected chi connectivity index (χ1v) is 12.4. The van der Waals surface area contributed by atoms with E-state index in [1.165, 1.54) is 6.21 Å². The van der Waals surface area contributed by atoms with Gasteiger partial charge in [0.05, 0.1) is 23.2 Å². The minimum atomic E-state index is -0.325. The van der Waals surface area contributed by atoms with Crippen molar-refractivity contribution in [2.45, 2.75) is 31.7 Å². The molecule has 35 heavy (non-hydrogen) atoms. The van der Waals surface area contributed by atoms with E-state index in [0.717, 1.165) is 27.8 Å². The van der Waals surface area contributed by atoms with Gasteiger partial charge >= 0.3 is 0 Å². The number of aromatic nitrogens is 4. The van der Waals surface area contributed by atoms with Crippen LogP contribution in [0.25, 0.3) is 5.69 Å². The number of benzene rings is 2. The third-order valence-electron chi connectivity index (χ3n) is 5.01. The fourth-order valence-corrected chi connectivity index (χ4v) is 4.73. The third kappa shape index (κ3) is 6.28. The first-order valence-electron chi connectivity index (χ1n) is 10.7. The van der Waals surface area contributed by atoms with E-state index in [4.69, 9.17) is 23.2 Å². The second-order valence-electron chi connectivity index (χ2n) is 7.80. The number of carbonyl (C=O) groups excluding carboxylic acids is 1. The van der Waals surface area contributed by atoms with Gasteiger partial charge in [-0.15, -0.1) is 0 Å². The summed E-state index contributed by atoms with van der Waals surface area (Å²) in [6, 6.07) is 16.5. The van der Waals surface area contributed by atoms with Crippen LogP contribution in [-0.2, 0) is 5.75 Å². The number of rotatable bonds is 7. The van der Waals surface area contributed by atoms with E-state index in [0.29, 0.717) is 32.7 Å². The Labute approximate surface area is 217 Å². The summed E-state index contributed by atoms with van der Waals surface area (Å²) in [5.74, 6) is 0.381. The van der Waals surface area contributed by atoms with Crippen LogP contribution in [0.5, 0.6) is 0 Å². The highest BCUT2D eigenvalue weighted by Crippen LogP contribution is 2.24. The Morgan fingerprint density at radius 1 is 1.06 bits per heavy atom. The summed E-state index contributed by atoms with van der Waals surface area (Å²) in [5.41, 5.74) is 8.00. The van der Waals surface area contributed by atoms with Gasteiger partial charge in [0.1, 0.15) is 5.15 Å². The van der Waals surface area contributed by atoms with Gasteiger partial charge in [-0.3, -0.25) is 4.79 Å². The molecule has 2 aromatic heterocycles. The molecule has 178 valence electrons. The Balaban J connectivity index is 1.37. The number of hydrogen-bond donors (Lipinski definition) is 1. The SMILES string of the molecule is Cc1cc(C)nc(SCc2ccc(C(=O)NN=Cc3c(C)nn(-c4cccc(Cl)c4)c3Cl)cc2)n1. The summed E-state index contributed by atoms with van der Waals surface area (Å²) in [6.07, 6.45) is 1.48. The van der Waals surface area contributed by atoms with Gasteiger partial charge < -0.3 is 0 Å². The Morgan fingerprint density at radius 2 is 1.77 bits per heavy atom. The van der Waals surface area contributed by atoms with E-state index in [2.05, 4.69) is 25.6 Å². The molecular weight excluding hydrogens is 503 g/mol. The quantitative estimate of drug-likeness (QED) is 0.140. The second kappa shape index (κ2) is 11.0. The van der Waals surface area contributed by atoms with Crippen molar-refractivity contribution < 1.29 is 4.79 Å². The molecule has 0 aliphatic carbocycles. The average molecular weight is 525 g/mol.